The molecule has 0 spiro atoms. The summed E-state index contributed by atoms with van der Waals surface area (Å²) in [6.07, 6.45) is 0.836. The maximum Gasteiger partial charge on any atom is 0.338 e. The number of halogens is 2. The topological polar surface area (TPSA) is 95.3 Å². The SMILES string of the molecule is CC.COC(=O)C1(NC(=O)c2c3cc(OCc4ccccn4)ccc3nn2C)CC1(F)F. The minimum Gasteiger partial charge on any atom is -0.487 e. The molecule has 3 aromatic rings. The quantitative estimate of drug-likeness (QED) is 0.584. The predicted molar refractivity (Wildman–Crippen MR) is 112 cm³/mol. The molecule has 1 aliphatic carbocycles. The minimum atomic E-state index is -3.37. The van der Waals surface area contributed by atoms with Crippen LogP contribution in [0.4, 0.5) is 8.78 Å². The number of hydrogen-bond donors (Lipinski definition) is 1. The molecule has 0 saturated heterocycles. The number of aryl methyl sites for hydroxylation is 1. The fourth-order valence-electron chi connectivity index (χ4n) is 3.30. The van der Waals surface area contributed by atoms with Gasteiger partial charge in [-0.1, -0.05) is 19.9 Å². The van der Waals surface area contributed by atoms with Gasteiger partial charge in [-0.3, -0.25) is 14.5 Å². The van der Waals surface area contributed by atoms with E-state index in [1.54, 1.807) is 30.5 Å². The second-order valence-corrected chi connectivity index (χ2v) is 6.99. The molecule has 4 rings (SSSR count). The molecule has 1 N–H and O–H groups in total. The van der Waals surface area contributed by atoms with Gasteiger partial charge >= 0.3 is 5.97 Å². The summed E-state index contributed by atoms with van der Waals surface area (Å²) < 4.78 is 39.2. The molecule has 2 heterocycles. The molecule has 10 heteroatoms. The maximum absolute atomic E-state index is 13.9. The van der Waals surface area contributed by atoms with E-state index >= 15 is 0 Å². The summed E-state index contributed by atoms with van der Waals surface area (Å²) in [5, 5.41) is 6.78. The third-order valence-electron chi connectivity index (χ3n) is 4.98. The molecule has 1 amide bonds. The Balaban J connectivity index is 0.00000141. The zero-order valence-electron chi connectivity index (χ0n) is 18.2. The molecule has 0 bridgehead atoms. The largest absolute Gasteiger partial charge is 0.487 e. The zero-order chi connectivity index (χ0) is 23.5. The second-order valence-electron chi connectivity index (χ2n) is 6.99. The lowest BCUT2D eigenvalue weighted by Crippen LogP contribution is -2.48. The number of carbonyl (C=O) groups excluding carboxylic acids is 2. The van der Waals surface area contributed by atoms with Gasteiger partial charge in [0.2, 0.25) is 5.54 Å². The van der Waals surface area contributed by atoms with Gasteiger partial charge in [-0.2, -0.15) is 5.10 Å². The van der Waals surface area contributed by atoms with Crippen LogP contribution < -0.4 is 10.1 Å². The van der Waals surface area contributed by atoms with E-state index in [2.05, 4.69) is 20.1 Å². The summed E-state index contributed by atoms with van der Waals surface area (Å²) in [7, 11) is 2.51. The Hall–Kier alpha value is -3.56. The number of hydrogen-bond acceptors (Lipinski definition) is 6. The first-order valence-corrected chi connectivity index (χ1v) is 10.1. The van der Waals surface area contributed by atoms with Crippen LogP contribution in [0.15, 0.2) is 42.6 Å². The Kier molecular flexibility index (Phi) is 6.42. The monoisotopic (exact) mass is 446 g/mol. The van der Waals surface area contributed by atoms with Crippen LogP contribution in [0.2, 0.25) is 0 Å². The Morgan fingerprint density at radius 3 is 2.53 bits per heavy atom. The van der Waals surface area contributed by atoms with Gasteiger partial charge in [0, 0.05) is 18.6 Å². The summed E-state index contributed by atoms with van der Waals surface area (Å²) in [5.74, 6) is -4.97. The molecule has 8 nitrogen and oxygen atoms in total. The van der Waals surface area contributed by atoms with Crippen LogP contribution in [-0.2, 0) is 23.2 Å². The van der Waals surface area contributed by atoms with Gasteiger partial charge in [-0.15, -0.1) is 0 Å². The summed E-state index contributed by atoms with van der Waals surface area (Å²) in [5.41, 5.74) is -1.14. The molecule has 1 unspecified atom stereocenters. The molecule has 170 valence electrons. The number of ether oxygens (including phenoxy) is 2. The fourth-order valence-corrected chi connectivity index (χ4v) is 3.30. The van der Waals surface area contributed by atoms with Crippen molar-refractivity contribution in [1.29, 1.82) is 0 Å². The minimum absolute atomic E-state index is 0.0271. The third kappa shape index (κ3) is 4.12. The highest BCUT2D eigenvalue weighted by atomic mass is 19.3. The van der Waals surface area contributed by atoms with Crippen molar-refractivity contribution in [1.82, 2.24) is 20.1 Å². The molecular weight excluding hydrogens is 422 g/mol. The maximum atomic E-state index is 13.9. The standard InChI is InChI=1S/C20H18F2N4O4.C2H6/c1-26-16(17(27)24-19(18(28)29-2)11-20(19,21)22)14-9-13(6-7-15(14)25-26)30-10-12-5-3-4-8-23-12;1-2/h3-9H,10-11H2,1-2H3,(H,24,27);1-2H3. The van der Waals surface area contributed by atoms with Gasteiger partial charge in [0.1, 0.15) is 18.1 Å². The average Bonchev–Trinajstić information content (AvgIpc) is 3.18. The summed E-state index contributed by atoms with van der Waals surface area (Å²) in [6.45, 7) is 4.21. The summed E-state index contributed by atoms with van der Waals surface area (Å²) >= 11 is 0. The Bertz CT molecular complexity index is 1130. The molecule has 1 saturated carbocycles. The van der Waals surface area contributed by atoms with Crippen LogP contribution in [-0.4, -0.2) is 45.2 Å². The van der Waals surface area contributed by atoms with Gasteiger partial charge in [-0.05, 0) is 30.3 Å². The Labute approximate surface area is 183 Å². The van der Waals surface area contributed by atoms with Crippen LogP contribution in [0.5, 0.6) is 5.75 Å². The third-order valence-corrected chi connectivity index (χ3v) is 4.98. The first-order valence-electron chi connectivity index (χ1n) is 10.1. The zero-order valence-corrected chi connectivity index (χ0v) is 18.2. The van der Waals surface area contributed by atoms with Crippen molar-refractivity contribution in [3.63, 3.8) is 0 Å². The van der Waals surface area contributed by atoms with Gasteiger partial charge in [0.05, 0.1) is 24.7 Å². The number of alkyl halides is 2. The van der Waals surface area contributed by atoms with E-state index in [1.165, 1.54) is 11.7 Å². The van der Waals surface area contributed by atoms with E-state index in [4.69, 9.17) is 4.74 Å². The van der Waals surface area contributed by atoms with Crippen molar-refractivity contribution in [2.45, 2.75) is 38.3 Å². The number of nitrogens with one attached hydrogen (secondary N) is 1. The van der Waals surface area contributed by atoms with Crippen LogP contribution in [0.25, 0.3) is 10.9 Å². The van der Waals surface area contributed by atoms with Crippen molar-refractivity contribution in [3.8, 4) is 5.75 Å². The van der Waals surface area contributed by atoms with Gasteiger partial charge in [-0.25, -0.2) is 13.6 Å². The molecule has 32 heavy (non-hydrogen) atoms. The van der Waals surface area contributed by atoms with Crippen molar-refractivity contribution in [2.75, 3.05) is 7.11 Å². The normalized spacial score (nSPS) is 18.3. The lowest BCUT2D eigenvalue weighted by Gasteiger charge is -2.16. The first-order chi connectivity index (χ1) is 15.3. The van der Waals surface area contributed by atoms with E-state index in [0.29, 0.717) is 16.7 Å². The number of pyridine rings is 1. The van der Waals surface area contributed by atoms with E-state index in [-0.39, 0.29) is 12.3 Å². The summed E-state index contributed by atoms with van der Waals surface area (Å²) in [6, 6.07) is 10.4. The van der Waals surface area contributed by atoms with Gasteiger partial charge in [0.25, 0.3) is 11.8 Å². The number of amides is 1. The number of rotatable bonds is 6. The van der Waals surface area contributed by atoms with Crippen LogP contribution in [0.3, 0.4) is 0 Å². The number of aromatic nitrogens is 3. The number of methoxy groups -OCH3 is 1. The van der Waals surface area contributed by atoms with Crippen molar-refractivity contribution in [2.24, 2.45) is 7.05 Å². The van der Waals surface area contributed by atoms with Crippen LogP contribution >= 0.6 is 0 Å². The highest BCUT2D eigenvalue weighted by Gasteiger charge is 2.78. The second kappa shape index (κ2) is 8.89. The fraction of sp³-hybridized carbons (Fsp3) is 0.364. The molecule has 2 aromatic heterocycles. The van der Waals surface area contributed by atoms with Crippen LogP contribution in [0, 0.1) is 0 Å². The van der Waals surface area contributed by atoms with E-state index in [1.807, 2.05) is 26.0 Å². The number of benzene rings is 1. The highest BCUT2D eigenvalue weighted by molar-refractivity contribution is 6.07. The highest BCUT2D eigenvalue weighted by Crippen LogP contribution is 2.53. The van der Waals surface area contributed by atoms with E-state index in [9.17, 15) is 18.4 Å². The Morgan fingerprint density at radius 1 is 1.22 bits per heavy atom. The number of nitrogens with zero attached hydrogens (tertiary/aromatic N) is 3. The summed E-state index contributed by atoms with van der Waals surface area (Å²) in [4.78, 5) is 28.9. The number of fused-ring (bicyclic) bond motifs is 1. The van der Waals surface area contributed by atoms with Gasteiger partial charge in [0.15, 0.2) is 0 Å². The molecule has 1 aliphatic rings. The van der Waals surface area contributed by atoms with Crippen molar-refractivity contribution >= 4 is 22.8 Å². The number of carbonyl (C=O) groups is 2. The molecule has 0 aliphatic heterocycles. The molecule has 0 radical (unpaired) electrons. The van der Waals surface area contributed by atoms with E-state index in [0.717, 1.165) is 12.8 Å². The number of esters is 1. The van der Waals surface area contributed by atoms with Crippen molar-refractivity contribution in [3.05, 3.63) is 54.0 Å². The molecule has 1 fully saturated rings. The molecule has 1 aromatic carbocycles. The predicted octanol–water partition coefficient (Wildman–Crippen LogP) is 3.25. The first kappa shape index (κ1) is 23.1. The Morgan fingerprint density at radius 2 is 1.94 bits per heavy atom. The van der Waals surface area contributed by atoms with Crippen molar-refractivity contribution < 1.29 is 27.8 Å². The average molecular weight is 446 g/mol. The van der Waals surface area contributed by atoms with Gasteiger partial charge < -0.3 is 14.8 Å². The van der Waals surface area contributed by atoms with Crippen LogP contribution in [0.1, 0.15) is 36.5 Å². The molecule has 1 atom stereocenters. The molecular formula is C22H24F2N4O4. The van der Waals surface area contributed by atoms with E-state index < -0.39 is 29.8 Å². The lowest BCUT2D eigenvalue weighted by atomic mass is 10.1. The smallest absolute Gasteiger partial charge is 0.338 e. The lowest BCUT2D eigenvalue weighted by molar-refractivity contribution is -0.147.